The fourth-order valence-electron chi connectivity index (χ4n) is 1.58. The summed E-state index contributed by atoms with van der Waals surface area (Å²) in [7, 11) is 0. The van der Waals surface area contributed by atoms with Gasteiger partial charge in [0.2, 0.25) is 11.8 Å². The molecule has 0 spiro atoms. The first-order valence-corrected chi connectivity index (χ1v) is 5.69. The van der Waals surface area contributed by atoms with Crippen molar-refractivity contribution in [3.8, 4) is 0 Å². The van der Waals surface area contributed by atoms with Gasteiger partial charge in [-0.15, -0.1) is 11.3 Å². The second-order valence-electron chi connectivity index (χ2n) is 3.51. The number of hydrogen-bond acceptors (Lipinski definition) is 4. The lowest BCUT2D eigenvalue weighted by molar-refractivity contribution is -0.135. The van der Waals surface area contributed by atoms with Gasteiger partial charge in [0.05, 0.1) is 13.1 Å². The highest BCUT2D eigenvalue weighted by Crippen LogP contribution is 2.10. The van der Waals surface area contributed by atoms with Crippen LogP contribution < -0.4 is 5.32 Å². The van der Waals surface area contributed by atoms with Crippen molar-refractivity contribution in [2.75, 3.05) is 19.6 Å². The number of carbonyl (C=O) groups is 2. The number of nitrogens with zero attached hydrogens (tertiary/aromatic N) is 1. The minimum Gasteiger partial charge on any atom is -0.294 e. The van der Waals surface area contributed by atoms with Crippen LogP contribution in [0.3, 0.4) is 0 Å². The van der Waals surface area contributed by atoms with Gasteiger partial charge in [0, 0.05) is 11.4 Å². The Hall–Kier alpha value is -1.20. The van der Waals surface area contributed by atoms with Gasteiger partial charge in [-0.2, -0.15) is 0 Å². The summed E-state index contributed by atoms with van der Waals surface area (Å²) >= 11 is 1.70. The van der Waals surface area contributed by atoms with E-state index in [0.29, 0.717) is 13.1 Å². The fraction of sp³-hybridized carbons (Fsp3) is 0.400. The molecular weight excluding hydrogens is 212 g/mol. The molecule has 1 aliphatic rings. The Balaban J connectivity index is 1.84. The van der Waals surface area contributed by atoms with Crippen molar-refractivity contribution < 1.29 is 9.59 Å². The molecule has 1 fully saturated rings. The maximum Gasteiger partial charge on any atom is 0.240 e. The van der Waals surface area contributed by atoms with Gasteiger partial charge < -0.3 is 0 Å². The molecule has 2 heterocycles. The molecule has 15 heavy (non-hydrogen) atoms. The van der Waals surface area contributed by atoms with Crippen molar-refractivity contribution in [3.63, 3.8) is 0 Å². The Morgan fingerprint density at radius 2 is 2.07 bits per heavy atom. The minimum atomic E-state index is -0.197. The van der Waals surface area contributed by atoms with E-state index >= 15 is 0 Å². The molecule has 4 nitrogen and oxygen atoms in total. The van der Waals surface area contributed by atoms with E-state index in [4.69, 9.17) is 0 Å². The average molecular weight is 224 g/mol. The van der Waals surface area contributed by atoms with E-state index in [0.717, 1.165) is 13.0 Å². The number of imide groups is 1. The second-order valence-corrected chi connectivity index (χ2v) is 4.54. The highest BCUT2D eigenvalue weighted by Gasteiger charge is 2.21. The zero-order valence-electron chi connectivity index (χ0n) is 8.23. The third-order valence-corrected chi connectivity index (χ3v) is 3.20. The molecule has 0 aliphatic carbocycles. The lowest BCUT2D eigenvalue weighted by atomic mass is 10.3. The smallest absolute Gasteiger partial charge is 0.240 e. The second kappa shape index (κ2) is 4.55. The van der Waals surface area contributed by atoms with Gasteiger partial charge in [0.15, 0.2) is 0 Å². The van der Waals surface area contributed by atoms with Crippen LogP contribution in [0.5, 0.6) is 0 Å². The molecule has 0 atom stereocenters. The van der Waals surface area contributed by atoms with Crippen LogP contribution in [0.4, 0.5) is 0 Å². The number of hydrogen-bond donors (Lipinski definition) is 1. The van der Waals surface area contributed by atoms with Gasteiger partial charge in [-0.1, -0.05) is 6.07 Å². The van der Waals surface area contributed by atoms with Crippen LogP contribution in [0.2, 0.25) is 0 Å². The predicted octanol–water partition coefficient (Wildman–Crippen LogP) is 0.249. The Labute approximate surface area is 91.9 Å². The molecule has 1 saturated heterocycles. The van der Waals surface area contributed by atoms with E-state index in [-0.39, 0.29) is 11.8 Å². The monoisotopic (exact) mass is 224 g/mol. The summed E-state index contributed by atoms with van der Waals surface area (Å²) in [6, 6.07) is 4.07. The highest BCUT2D eigenvalue weighted by atomic mass is 32.1. The van der Waals surface area contributed by atoms with Crippen LogP contribution in [0, 0.1) is 0 Å². The molecule has 2 amide bonds. The largest absolute Gasteiger partial charge is 0.294 e. The molecule has 1 aromatic heterocycles. The summed E-state index contributed by atoms with van der Waals surface area (Å²) in [4.78, 5) is 25.3. The number of rotatable bonds is 3. The van der Waals surface area contributed by atoms with E-state index < -0.39 is 0 Å². The first-order valence-electron chi connectivity index (χ1n) is 4.81. The molecule has 0 saturated carbocycles. The minimum absolute atomic E-state index is 0.197. The molecule has 80 valence electrons. The van der Waals surface area contributed by atoms with Crippen LogP contribution in [-0.4, -0.2) is 36.3 Å². The average Bonchev–Trinajstić information content (AvgIpc) is 2.65. The van der Waals surface area contributed by atoms with E-state index in [1.165, 1.54) is 4.88 Å². The van der Waals surface area contributed by atoms with Crippen LogP contribution in [0.1, 0.15) is 4.88 Å². The van der Waals surface area contributed by atoms with Gasteiger partial charge in [-0.05, 0) is 17.9 Å². The lowest BCUT2D eigenvalue weighted by Gasteiger charge is -2.24. The van der Waals surface area contributed by atoms with E-state index in [1.54, 1.807) is 11.3 Å². The number of amides is 2. The molecule has 0 aromatic carbocycles. The zero-order valence-corrected chi connectivity index (χ0v) is 9.05. The summed E-state index contributed by atoms with van der Waals surface area (Å²) in [5.74, 6) is -0.394. The van der Waals surface area contributed by atoms with Crippen LogP contribution >= 0.6 is 11.3 Å². The van der Waals surface area contributed by atoms with Gasteiger partial charge in [0.1, 0.15) is 0 Å². The summed E-state index contributed by atoms with van der Waals surface area (Å²) in [6.45, 7) is 1.42. The Kier molecular flexibility index (Phi) is 3.13. The van der Waals surface area contributed by atoms with Crippen molar-refractivity contribution in [1.29, 1.82) is 0 Å². The molecule has 1 aromatic rings. The maximum absolute atomic E-state index is 11.1. The molecule has 0 bridgehead atoms. The number of thiophene rings is 1. The Bertz CT molecular complexity index is 346. The van der Waals surface area contributed by atoms with E-state index in [9.17, 15) is 9.59 Å². The molecule has 0 unspecified atom stereocenters. The van der Waals surface area contributed by atoms with E-state index in [1.807, 2.05) is 16.3 Å². The standard InChI is InChI=1S/C10H12N2O2S/c13-9-6-12(7-10(14)11-9)4-3-8-2-1-5-15-8/h1-2,5H,3-4,6-7H2,(H,11,13,14). The highest BCUT2D eigenvalue weighted by molar-refractivity contribution is 7.09. The first kappa shape index (κ1) is 10.3. The van der Waals surface area contributed by atoms with Gasteiger partial charge in [-0.3, -0.25) is 19.8 Å². The molecule has 1 aliphatic heterocycles. The first-order chi connectivity index (χ1) is 7.24. The van der Waals surface area contributed by atoms with Crippen molar-refractivity contribution >= 4 is 23.2 Å². The van der Waals surface area contributed by atoms with E-state index in [2.05, 4.69) is 11.4 Å². The van der Waals surface area contributed by atoms with Crippen molar-refractivity contribution in [3.05, 3.63) is 22.4 Å². The third-order valence-electron chi connectivity index (χ3n) is 2.27. The Morgan fingerprint density at radius 1 is 1.33 bits per heavy atom. The summed E-state index contributed by atoms with van der Waals surface area (Å²) in [6.07, 6.45) is 0.901. The van der Waals surface area contributed by atoms with Crippen LogP contribution in [0.15, 0.2) is 17.5 Å². The topological polar surface area (TPSA) is 49.4 Å². The predicted molar refractivity (Wildman–Crippen MR) is 57.6 cm³/mol. The number of carbonyl (C=O) groups excluding carboxylic acids is 2. The summed E-state index contributed by atoms with van der Waals surface area (Å²) in [5, 5.41) is 4.32. The van der Waals surface area contributed by atoms with Gasteiger partial charge >= 0.3 is 0 Å². The molecule has 0 radical (unpaired) electrons. The maximum atomic E-state index is 11.1. The molecular formula is C10H12N2O2S. The fourth-order valence-corrected chi connectivity index (χ4v) is 2.28. The third kappa shape index (κ3) is 2.87. The van der Waals surface area contributed by atoms with Gasteiger partial charge in [0.25, 0.3) is 0 Å². The molecule has 5 heteroatoms. The van der Waals surface area contributed by atoms with Crippen molar-refractivity contribution in [2.24, 2.45) is 0 Å². The van der Waals surface area contributed by atoms with Gasteiger partial charge in [-0.25, -0.2) is 0 Å². The van der Waals surface area contributed by atoms with Crippen molar-refractivity contribution in [1.82, 2.24) is 10.2 Å². The SMILES string of the molecule is O=C1CN(CCc2cccs2)CC(=O)N1. The van der Waals surface area contributed by atoms with Crippen LogP contribution in [-0.2, 0) is 16.0 Å². The zero-order chi connectivity index (χ0) is 10.7. The lowest BCUT2D eigenvalue weighted by Crippen LogP contribution is -2.51. The molecule has 2 rings (SSSR count). The summed E-state index contributed by atoms with van der Waals surface area (Å²) in [5.41, 5.74) is 0. The number of nitrogens with one attached hydrogen (secondary N) is 1. The summed E-state index contributed by atoms with van der Waals surface area (Å²) < 4.78 is 0. The van der Waals surface area contributed by atoms with Crippen LogP contribution in [0.25, 0.3) is 0 Å². The molecule has 1 N–H and O–H groups in total. The number of piperazine rings is 1. The normalized spacial score (nSPS) is 17.9. The quantitative estimate of drug-likeness (QED) is 0.749. The Morgan fingerprint density at radius 3 is 2.67 bits per heavy atom. The van der Waals surface area contributed by atoms with Crippen molar-refractivity contribution in [2.45, 2.75) is 6.42 Å².